The molecule has 37 heavy (non-hydrogen) atoms. The van der Waals surface area contributed by atoms with Crippen molar-refractivity contribution < 1.29 is 23.5 Å². The van der Waals surface area contributed by atoms with Gasteiger partial charge in [-0.25, -0.2) is 4.39 Å². The molecular formula is C29H35FN2O4S. The van der Waals surface area contributed by atoms with Crippen LogP contribution >= 0.6 is 11.8 Å². The Morgan fingerprint density at radius 2 is 1.86 bits per heavy atom. The van der Waals surface area contributed by atoms with Crippen molar-refractivity contribution in [1.82, 2.24) is 10.2 Å². The lowest BCUT2D eigenvalue weighted by atomic mass is 9.93. The Balaban J connectivity index is 1.40. The van der Waals surface area contributed by atoms with Crippen molar-refractivity contribution in [3.05, 3.63) is 64.3 Å². The van der Waals surface area contributed by atoms with Crippen molar-refractivity contribution >= 4 is 29.7 Å². The average molecular weight is 527 g/mol. The van der Waals surface area contributed by atoms with Crippen molar-refractivity contribution in [3.8, 4) is 11.5 Å². The molecule has 2 aromatic carbocycles. The summed E-state index contributed by atoms with van der Waals surface area (Å²) in [5.41, 5.74) is 1.42. The highest BCUT2D eigenvalue weighted by molar-refractivity contribution is 8.04. The molecule has 2 atom stereocenters. The number of nitrogens with one attached hydrogen (secondary N) is 1. The molecule has 198 valence electrons. The molecular weight excluding hydrogens is 491 g/mol. The molecule has 1 aliphatic carbocycles. The fraction of sp³-hybridized carbons (Fsp3) is 0.448. The first-order valence-electron chi connectivity index (χ1n) is 13.1. The molecule has 6 nitrogen and oxygen atoms in total. The van der Waals surface area contributed by atoms with Crippen LogP contribution in [0.2, 0.25) is 0 Å². The summed E-state index contributed by atoms with van der Waals surface area (Å²) in [7, 11) is 0. The van der Waals surface area contributed by atoms with E-state index in [1.165, 1.54) is 17.8 Å². The smallest absolute Gasteiger partial charge is 0.261 e. The average Bonchev–Trinajstić information content (AvgIpc) is 2.89. The monoisotopic (exact) mass is 526 g/mol. The Bertz CT molecular complexity index is 1140. The predicted molar refractivity (Wildman–Crippen MR) is 145 cm³/mol. The minimum Gasteiger partial charge on any atom is -0.490 e. The highest BCUT2D eigenvalue weighted by atomic mass is 32.2. The Labute approximate surface area is 222 Å². The molecule has 1 N–H and O–H groups in total. The number of carbonyl (C=O) groups is 2. The van der Waals surface area contributed by atoms with Gasteiger partial charge < -0.3 is 19.7 Å². The summed E-state index contributed by atoms with van der Waals surface area (Å²) in [6.45, 7) is 5.40. The lowest BCUT2D eigenvalue weighted by Crippen LogP contribution is -2.54. The summed E-state index contributed by atoms with van der Waals surface area (Å²) in [6, 6.07) is 12.3. The third-order valence-electron chi connectivity index (χ3n) is 6.67. The van der Waals surface area contributed by atoms with Crippen LogP contribution in [0.3, 0.4) is 0 Å². The number of rotatable bonds is 10. The number of carbonyl (C=O) groups excluding carboxylic acids is 2. The van der Waals surface area contributed by atoms with E-state index in [9.17, 15) is 14.0 Å². The molecule has 0 bridgehead atoms. The molecule has 1 saturated heterocycles. The van der Waals surface area contributed by atoms with Crippen LogP contribution < -0.4 is 14.8 Å². The Morgan fingerprint density at radius 3 is 2.65 bits per heavy atom. The van der Waals surface area contributed by atoms with Gasteiger partial charge in [0, 0.05) is 23.4 Å². The van der Waals surface area contributed by atoms with E-state index in [2.05, 4.69) is 5.32 Å². The second-order valence-corrected chi connectivity index (χ2v) is 10.5. The molecule has 2 unspecified atom stereocenters. The van der Waals surface area contributed by atoms with Crippen LogP contribution in [0.1, 0.15) is 50.7 Å². The minimum absolute atomic E-state index is 0.00262. The van der Waals surface area contributed by atoms with Gasteiger partial charge in [-0.15, -0.1) is 11.8 Å². The van der Waals surface area contributed by atoms with E-state index in [0.29, 0.717) is 48.1 Å². The van der Waals surface area contributed by atoms with E-state index in [1.807, 2.05) is 32.0 Å². The molecule has 0 spiro atoms. The highest BCUT2D eigenvalue weighted by Gasteiger charge is 2.41. The number of nitrogens with zero attached hydrogens (tertiary/aromatic N) is 1. The number of hydrogen-bond donors (Lipinski definition) is 1. The number of ether oxygens (including phenoxy) is 2. The first kappa shape index (κ1) is 27.0. The first-order valence-corrected chi connectivity index (χ1v) is 14.0. The fourth-order valence-corrected chi connectivity index (χ4v) is 6.37. The van der Waals surface area contributed by atoms with Crippen LogP contribution in [-0.2, 0) is 16.0 Å². The van der Waals surface area contributed by atoms with E-state index >= 15 is 0 Å². The minimum atomic E-state index is -0.361. The Morgan fingerprint density at radius 1 is 1.11 bits per heavy atom. The second-order valence-electron chi connectivity index (χ2n) is 9.22. The maximum atomic E-state index is 14.3. The quantitative estimate of drug-likeness (QED) is 0.431. The van der Waals surface area contributed by atoms with Gasteiger partial charge in [-0.3, -0.25) is 9.59 Å². The van der Waals surface area contributed by atoms with Crippen molar-refractivity contribution in [2.45, 2.75) is 57.2 Å². The predicted octanol–water partition coefficient (Wildman–Crippen LogP) is 5.21. The molecule has 1 heterocycles. The maximum Gasteiger partial charge on any atom is 0.261 e. The zero-order chi connectivity index (χ0) is 26.2. The lowest BCUT2D eigenvalue weighted by Gasteiger charge is -2.43. The van der Waals surface area contributed by atoms with Crippen LogP contribution in [0.4, 0.5) is 4.39 Å². The van der Waals surface area contributed by atoms with Gasteiger partial charge in [0.15, 0.2) is 11.5 Å². The third kappa shape index (κ3) is 6.86. The van der Waals surface area contributed by atoms with Crippen LogP contribution in [0.15, 0.2) is 47.4 Å². The summed E-state index contributed by atoms with van der Waals surface area (Å²) >= 11 is 1.53. The van der Waals surface area contributed by atoms with Gasteiger partial charge in [-0.05, 0) is 62.9 Å². The van der Waals surface area contributed by atoms with E-state index in [-0.39, 0.29) is 35.5 Å². The molecule has 8 heteroatoms. The Kier molecular flexibility index (Phi) is 9.50. The second kappa shape index (κ2) is 13.0. The number of hydrogen-bond acceptors (Lipinski definition) is 5. The maximum absolute atomic E-state index is 14.3. The van der Waals surface area contributed by atoms with Crippen molar-refractivity contribution in [2.75, 3.05) is 26.3 Å². The van der Waals surface area contributed by atoms with E-state index in [0.717, 1.165) is 31.2 Å². The van der Waals surface area contributed by atoms with Crippen molar-refractivity contribution in [1.29, 1.82) is 0 Å². The number of amides is 2. The molecule has 2 aromatic rings. The number of fused-ring (bicyclic) bond motifs is 1. The largest absolute Gasteiger partial charge is 0.490 e. The van der Waals surface area contributed by atoms with Crippen LogP contribution in [0, 0.1) is 5.82 Å². The third-order valence-corrected chi connectivity index (χ3v) is 8.07. The van der Waals surface area contributed by atoms with E-state index < -0.39 is 0 Å². The number of thioether (sulfide) groups is 1. The first-order chi connectivity index (χ1) is 18.0. The van der Waals surface area contributed by atoms with Gasteiger partial charge in [-0.2, -0.15) is 0 Å². The van der Waals surface area contributed by atoms with Crippen LogP contribution in [0.5, 0.6) is 11.5 Å². The molecule has 4 rings (SSSR count). The van der Waals surface area contributed by atoms with Gasteiger partial charge in [0.25, 0.3) is 5.91 Å². The summed E-state index contributed by atoms with van der Waals surface area (Å²) in [5, 5.41) is 3.19. The summed E-state index contributed by atoms with van der Waals surface area (Å²) in [6.07, 6.45) is 6.26. The molecule has 2 fully saturated rings. The topological polar surface area (TPSA) is 67.9 Å². The fourth-order valence-electron chi connectivity index (χ4n) is 4.90. The van der Waals surface area contributed by atoms with Gasteiger partial charge in [0.2, 0.25) is 5.91 Å². The molecule has 1 saturated carbocycles. The van der Waals surface area contributed by atoms with Crippen LogP contribution in [0.25, 0.3) is 6.08 Å². The van der Waals surface area contributed by atoms with Crippen molar-refractivity contribution in [3.63, 3.8) is 0 Å². The van der Waals surface area contributed by atoms with Gasteiger partial charge in [0.1, 0.15) is 12.4 Å². The summed E-state index contributed by atoms with van der Waals surface area (Å²) in [4.78, 5) is 28.5. The summed E-state index contributed by atoms with van der Waals surface area (Å²) < 4.78 is 25.6. The molecule has 1 aliphatic heterocycles. The van der Waals surface area contributed by atoms with E-state index in [4.69, 9.17) is 9.47 Å². The lowest BCUT2D eigenvalue weighted by molar-refractivity contribution is -0.135. The van der Waals surface area contributed by atoms with Crippen molar-refractivity contribution in [2.24, 2.45) is 0 Å². The molecule has 2 amide bonds. The highest BCUT2D eigenvalue weighted by Crippen LogP contribution is 2.42. The number of halogens is 1. The SMILES string of the molecule is CCOc1ccc(CCNC(=O)CN2C(=O)/C(=C/c3ccccc3F)SC3CCCCC32)cc1OCC. The zero-order valence-corrected chi connectivity index (χ0v) is 22.3. The van der Waals surface area contributed by atoms with Gasteiger partial charge >= 0.3 is 0 Å². The molecule has 0 radical (unpaired) electrons. The summed E-state index contributed by atoms with van der Waals surface area (Å²) in [5.74, 6) is 0.660. The molecule has 0 aromatic heterocycles. The van der Waals surface area contributed by atoms with Crippen LogP contribution in [-0.4, -0.2) is 54.3 Å². The molecule has 2 aliphatic rings. The number of benzene rings is 2. The van der Waals surface area contributed by atoms with E-state index in [1.54, 1.807) is 29.2 Å². The van der Waals surface area contributed by atoms with Gasteiger partial charge in [-0.1, -0.05) is 37.1 Å². The normalized spacial score (nSPS) is 20.5. The zero-order valence-electron chi connectivity index (χ0n) is 21.5. The van der Waals surface area contributed by atoms with Gasteiger partial charge in [0.05, 0.1) is 18.1 Å². The standard InChI is InChI=1S/C29H35FN2O4S/c1-3-35-24-14-13-20(17-25(24)36-4-2)15-16-31-28(33)19-32-23-11-7-8-12-26(23)37-27(29(32)34)18-21-9-5-6-10-22(21)30/h5-6,9-10,13-14,17-18,23,26H,3-4,7-8,11-12,15-16,19H2,1-2H3,(H,31,33)/b27-18-. The Hall–Kier alpha value is -3.00.